The molecule has 74 valence electrons. The highest BCUT2D eigenvalue weighted by atomic mass is 16.5. The lowest BCUT2D eigenvalue weighted by Crippen LogP contribution is -2.05. The fourth-order valence-electron chi connectivity index (χ4n) is 0.912. The lowest BCUT2D eigenvalue weighted by atomic mass is 10.2. The first kappa shape index (κ1) is 10.2. The lowest BCUT2D eigenvalue weighted by molar-refractivity contribution is -0.134. The molecule has 14 heavy (non-hydrogen) atoms. The van der Waals surface area contributed by atoms with E-state index in [2.05, 4.69) is 0 Å². The third-order valence-corrected chi connectivity index (χ3v) is 1.67. The Morgan fingerprint density at radius 2 is 2.29 bits per heavy atom. The number of para-hydroxylation sites is 1. The van der Waals surface area contributed by atoms with Crippen LogP contribution in [0.4, 0.5) is 0 Å². The summed E-state index contributed by atoms with van der Waals surface area (Å²) in [5.74, 6) is -0.742. The largest absolute Gasteiger partial charge is 0.504 e. The molecule has 0 bridgehead atoms. The van der Waals surface area contributed by atoms with Gasteiger partial charge in [0.1, 0.15) is 0 Å². The number of hydrogen-bond acceptors (Lipinski definition) is 4. The molecule has 0 aromatic heterocycles. The molecule has 1 rings (SSSR count). The summed E-state index contributed by atoms with van der Waals surface area (Å²) >= 11 is 0. The zero-order chi connectivity index (χ0) is 10.6. The molecule has 0 saturated carbocycles. The maximum atomic E-state index is 10.9. The smallest absolute Gasteiger partial charge is 0.311 e. The highest BCUT2D eigenvalue weighted by Gasteiger charge is 2.09. The number of hydrogen-bond donors (Lipinski definition) is 1. The van der Waals surface area contributed by atoms with Crippen LogP contribution in [0.25, 0.3) is 0 Å². The maximum absolute atomic E-state index is 10.9. The van der Waals surface area contributed by atoms with Crippen molar-refractivity contribution in [2.24, 2.45) is 0 Å². The van der Waals surface area contributed by atoms with Crippen molar-refractivity contribution in [3.05, 3.63) is 23.8 Å². The van der Waals surface area contributed by atoms with Gasteiger partial charge in [0.05, 0.1) is 5.56 Å². The molecule has 0 aliphatic rings. The van der Waals surface area contributed by atoms with Crippen molar-refractivity contribution < 1.29 is 19.4 Å². The van der Waals surface area contributed by atoms with E-state index in [1.807, 2.05) is 0 Å². The summed E-state index contributed by atoms with van der Waals surface area (Å²) in [6, 6.07) is 4.39. The summed E-state index contributed by atoms with van der Waals surface area (Å²) in [7, 11) is 0. The average molecular weight is 194 g/mol. The maximum Gasteiger partial charge on any atom is 0.311 e. The summed E-state index contributed by atoms with van der Waals surface area (Å²) < 4.78 is 4.79. The number of rotatable bonds is 3. The normalized spacial score (nSPS) is 9.50. The van der Waals surface area contributed by atoms with Gasteiger partial charge in [-0.1, -0.05) is 13.0 Å². The Hall–Kier alpha value is -1.84. The van der Waals surface area contributed by atoms with E-state index >= 15 is 0 Å². The predicted molar refractivity (Wildman–Crippen MR) is 49.4 cm³/mol. The SMILES string of the molecule is CCC(=O)Oc1cccc(C=O)c1O. The van der Waals surface area contributed by atoms with Gasteiger partial charge < -0.3 is 9.84 Å². The molecule has 0 fully saturated rings. The van der Waals surface area contributed by atoms with E-state index in [-0.39, 0.29) is 23.5 Å². The molecule has 0 atom stereocenters. The molecule has 0 amide bonds. The summed E-state index contributed by atoms with van der Waals surface area (Å²) in [4.78, 5) is 21.3. The molecular formula is C10H10O4. The fraction of sp³-hybridized carbons (Fsp3) is 0.200. The van der Waals surface area contributed by atoms with E-state index in [1.165, 1.54) is 18.2 Å². The Morgan fingerprint density at radius 1 is 1.57 bits per heavy atom. The summed E-state index contributed by atoms with van der Waals surface area (Å²) in [5.41, 5.74) is 0.103. The van der Waals surface area contributed by atoms with Gasteiger partial charge in [0.15, 0.2) is 17.8 Å². The molecule has 0 unspecified atom stereocenters. The van der Waals surface area contributed by atoms with Crippen molar-refractivity contribution in [1.82, 2.24) is 0 Å². The minimum atomic E-state index is -0.455. The number of aldehydes is 1. The van der Waals surface area contributed by atoms with Crippen LogP contribution in [0, 0.1) is 0 Å². The predicted octanol–water partition coefficient (Wildman–Crippen LogP) is 1.52. The van der Waals surface area contributed by atoms with E-state index in [1.54, 1.807) is 6.92 Å². The van der Waals surface area contributed by atoms with Gasteiger partial charge in [-0.2, -0.15) is 0 Å². The van der Waals surface area contributed by atoms with Crippen molar-refractivity contribution in [2.75, 3.05) is 0 Å². The Kier molecular flexibility index (Phi) is 3.23. The van der Waals surface area contributed by atoms with Crippen molar-refractivity contribution in [3.63, 3.8) is 0 Å². The molecular weight excluding hydrogens is 184 g/mol. The van der Waals surface area contributed by atoms with Crippen LogP contribution in [0.15, 0.2) is 18.2 Å². The van der Waals surface area contributed by atoms with Gasteiger partial charge in [-0.25, -0.2) is 0 Å². The lowest BCUT2D eigenvalue weighted by Gasteiger charge is -2.05. The summed E-state index contributed by atoms with van der Waals surface area (Å²) in [6.07, 6.45) is 0.712. The molecule has 4 nitrogen and oxygen atoms in total. The zero-order valence-electron chi connectivity index (χ0n) is 7.69. The minimum absolute atomic E-state index is 0.0152. The van der Waals surface area contributed by atoms with Gasteiger partial charge in [-0.3, -0.25) is 9.59 Å². The third kappa shape index (κ3) is 2.10. The van der Waals surface area contributed by atoms with Crippen molar-refractivity contribution in [1.29, 1.82) is 0 Å². The van der Waals surface area contributed by atoms with Crippen LogP contribution in [0.2, 0.25) is 0 Å². The number of phenolic OH excluding ortho intramolecular Hbond substituents is 1. The molecule has 0 radical (unpaired) electrons. The van der Waals surface area contributed by atoms with Crippen molar-refractivity contribution >= 4 is 12.3 Å². The van der Waals surface area contributed by atoms with Gasteiger partial charge in [0.25, 0.3) is 0 Å². The summed E-state index contributed by atoms with van der Waals surface area (Å²) in [6.45, 7) is 1.64. The van der Waals surface area contributed by atoms with Gasteiger partial charge in [0.2, 0.25) is 0 Å². The van der Waals surface area contributed by atoms with Crippen LogP contribution in [0.5, 0.6) is 11.5 Å². The fourth-order valence-corrected chi connectivity index (χ4v) is 0.912. The number of esters is 1. The van der Waals surface area contributed by atoms with Crippen molar-refractivity contribution in [3.8, 4) is 11.5 Å². The molecule has 1 aromatic carbocycles. The number of benzene rings is 1. The number of aromatic hydroxyl groups is 1. The molecule has 1 N–H and O–H groups in total. The average Bonchev–Trinajstić information content (AvgIpc) is 2.21. The first-order valence-corrected chi connectivity index (χ1v) is 4.17. The van der Waals surface area contributed by atoms with Crippen LogP contribution in [-0.2, 0) is 4.79 Å². The monoisotopic (exact) mass is 194 g/mol. The van der Waals surface area contributed by atoms with Crippen molar-refractivity contribution in [2.45, 2.75) is 13.3 Å². The Balaban J connectivity index is 2.97. The Bertz CT molecular complexity index is 357. The van der Waals surface area contributed by atoms with Gasteiger partial charge >= 0.3 is 5.97 Å². The summed E-state index contributed by atoms with van der Waals surface area (Å²) in [5, 5.41) is 9.42. The quantitative estimate of drug-likeness (QED) is 0.450. The Labute approximate surface area is 81.1 Å². The first-order chi connectivity index (χ1) is 6.69. The molecule has 1 aromatic rings. The second-order valence-electron chi connectivity index (χ2n) is 2.64. The molecule has 0 aliphatic heterocycles. The van der Waals surface area contributed by atoms with Crippen LogP contribution in [0.1, 0.15) is 23.7 Å². The van der Waals surface area contributed by atoms with Crippen LogP contribution in [0.3, 0.4) is 0 Å². The molecule has 4 heteroatoms. The van der Waals surface area contributed by atoms with E-state index in [0.717, 1.165) is 0 Å². The molecule has 0 aliphatic carbocycles. The van der Waals surface area contributed by atoms with E-state index in [4.69, 9.17) is 4.74 Å². The number of phenols is 1. The molecule has 0 saturated heterocycles. The second kappa shape index (κ2) is 4.41. The topological polar surface area (TPSA) is 63.6 Å². The third-order valence-electron chi connectivity index (χ3n) is 1.67. The van der Waals surface area contributed by atoms with Gasteiger partial charge in [-0.05, 0) is 12.1 Å². The number of ether oxygens (including phenoxy) is 1. The minimum Gasteiger partial charge on any atom is -0.504 e. The van der Waals surface area contributed by atoms with Gasteiger partial charge in [-0.15, -0.1) is 0 Å². The van der Waals surface area contributed by atoms with E-state index in [9.17, 15) is 14.7 Å². The molecule has 0 heterocycles. The van der Waals surface area contributed by atoms with E-state index < -0.39 is 5.97 Å². The second-order valence-corrected chi connectivity index (χ2v) is 2.64. The Morgan fingerprint density at radius 3 is 2.86 bits per heavy atom. The number of carbonyl (C=O) groups is 2. The first-order valence-electron chi connectivity index (χ1n) is 4.17. The number of carbonyl (C=O) groups excluding carboxylic acids is 2. The highest BCUT2D eigenvalue weighted by molar-refractivity contribution is 5.82. The molecule has 0 spiro atoms. The van der Waals surface area contributed by atoms with Gasteiger partial charge in [0, 0.05) is 6.42 Å². The van der Waals surface area contributed by atoms with Crippen LogP contribution < -0.4 is 4.74 Å². The highest BCUT2D eigenvalue weighted by Crippen LogP contribution is 2.28. The zero-order valence-corrected chi connectivity index (χ0v) is 7.69. The van der Waals surface area contributed by atoms with Crippen LogP contribution in [-0.4, -0.2) is 17.4 Å². The van der Waals surface area contributed by atoms with Crippen LogP contribution >= 0.6 is 0 Å². The standard InChI is InChI=1S/C10H10O4/c1-2-9(12)14-8-5-3-4-7(6-11)10(8)13/h3-6,13H,2H2,1H3. The van der Waals surface area contributed by atoms with E-state index in [0.29, 0.717) is 6.29 Å².